The van der Waals surface area contributed by atoms with Crippen LogP contribution in [0.5, 0.6) is 5.75 Å². The van der Waals surface area contributed by atoms with Gasteiger partial charge >= 0.3 is 5.69 Å². The van der Waals surface area contributed by atoms with Crippen molar-refractivity contribution in [3.05, 3.63) is 33.9 Å². The minimum Gasteiger partial charge on any atom is -0.487 e. The van der Waals surface area contributed by atoms with E-state index in [1.807, 2.05) is 0 Å². The Balaban J connectivity index is 2.59. The number of nitrogens with zero attached hydrogens (tertiary/aromatic N) is 1. The molecule has 0 aliphatic heterocycles. The van der Waals surface area contributed by atoms with E-state index in [0.29, 0.717) is 12.8 Å². The summed E-state index contributed by atoms with van der Waals surface area (Å²) in [4.78, 5) is 21.4. The SMILES string of the molecule is Cc1ccc(OCCCC(C)(N)C(N)=O)c([N+](=O)[O-])c1. The van der Waals surface area contributed by atoms with Crippen LogP contribution >= 0.6 is 0 Å². The highest BCUT2D eigenvalue weighted by atomic mass is 16.6. The van der Waals surface area contributed by atoms with Gasteiger partial charge in [0.05, 0.1) is 17.1 Å². The van der Waals surface area contributed by atoms with Gasteiger partial charge < -0.3 is 16.2 Å². The van der Waals surface area contributed by atoms with Crippen LogP contribution in [0.2, 0.25) is 0 Å². The van der Waals surface area contributed by atoms with E-state index in [2.05, 4.69) is 0 Å². The third kappa shape index (κ3) is 4.20. The molecule has 1 amide bonds. The molecule has 0 saturated carbocycles. The Labute approximate surface area is 117 Å². The first-order valence-electron chi connectivity index (χ1n) is 6.20. The number of carbonyl (C=O) groups is 1. The summed E-state index contributed by atoms with van der Waals surface area (Å²) in [7, 11) is 0. The third-order valence-corrected chi connectivity index (χ3v) is 2.97. The van der Waals surface area contributed by atoms with Crippen LogP contribution in [-0.2, 0) is 4.79 Å². The van der Waals surface area contributed by atoms with E-state index in [9.17, 15) is 14.9 Å². The third-order valence-electron chi connectivity index (χ3n) is 2.97. The highest BCUT2D eigenvalue weighted by Crippen LogP contribution is 2.27. The number of hydrogen-bond acceptors (Lipinski definition) is 5. The van der Waals surface area contributed by atoms with E-state index in [4.69, 9.17) is 16.2 Å². The lowest BCUT2D eigenvalue weighted by Crippen LogP contribution is -2.49. The molecule has 0 aromatic heterocycles. The van der Waals surface area contributed by atoms with Crippen LogP contribution in [0.3, 0.4) is 0 Å². The van der Waals surface area contributed by atoms with Crippen LogP contribution in [0, 0.1) is 17.0 Å². The Morgan fingerprint density at radius 3 is 2.70 bits per heavy atom. The van der Waals surface area contributed by atoms with E-state index < -0.39 is 16.4 Å². The number of primary amides is 1. The first kappa shape index (κ1) is 15.9. The zero-order valence-electron chi connectivity index (χ0n) is 11.6. The molecule has 4 N–H and O–H groups in total. The molecule has 0 fully saturated rings. The first-order valence-corrected chi connectivity index (χ1v) is 6.20. The second-order valence-electron chi connectivity index (χ2n) is 4.96. The summed E-state index contributed by atoms with van der Waals surface area (Å²) in [5.41, 5.74) is 10.5. The zero-order chi connectivity index (χ0) is 15.3. The standard InChI is InChI=1S/C13H19N3O4/c1-9-4-5-11(10(8-9)16(18)19)20-7-3-6-13(2,15)12(14)17/h4-5,8H,3,6-7,15H2,1-2H3,(H2,14,17). The molecule has 0 heterocycles. The maximum absolute atomic E-state index is 11.0. The van der Waals surface area contributed by atoms with Gasteiger partial charge in [0, 0.05) is 6.07 Å². The monoisotopic (exact) mass is 281 g/mol. The normalized spacial score (nSPS) is 13.6. The highest BCUT2D eigenvalue weighted by molar-refractivity contribution is 5.83. The predicted octanol–water partition coefficient (Wildman–Crippen LogP) is 1.26. The van der Waals surface area contributed by atoms with Crippen molar-refractivity contribution in [1.82, 2.24) is 0 Å². The van der Waals surface area contributed by atoms with Crippen molar-refractivity contribution in [2.24, 2.45) is 11.5 Å². The molecule has 110 valence electrons. The number of ether oxygens (including phenoxy) is 1. The number of nitro groups is 1. The summed E-state index contributed by atoms with van der Waals surface area (Å²) in [5.74, 6) is -0.378. The second kappa shape index (κ2) is 6.33. The topological polar surface area (TPSA) is 121 Å². The van der Waals surface area contributed by atoms with Gasteiger partial charge in [-0.05, 0) is 38.3 Å². The van der Waals surface area contributed by atoms with Crippen LogP contribution in [0.4, 0.5) is 5.69 Å². The molecule has 7 nitrogen and oxygen atoms in total. The highest BCUT2D eigenvalue weighted by Gasteiger charge is 2.25. The molecular formula is C13H19N3O4. The van der Waals surface area contributed by atoms with Crippen LogP contribution < -0.4 is 16.2 Å². The molecule has 0 bridgehead atoms. The Morgan fingerprint density at radius 1 is 1.50 bits per heavy atom. The fourth-order valence-electron chi connectivity index (χ4n) is 1.64. The van der Waals surface area contributed by atoms with E-state index in [1.54, 1.807) is 26.0 Å². The number of nitro benzene ring substituents is 1. The molecule has 20 heavy (non-hydrogen) atoms. The zero-order valence-corrected chi connectivity index (χ0v) is 11.6. The van der Waals surface area contributed by atoms with Gasteiger partial charge in [0.15, 0.2) is 5.75 Å². The van der Waals surface area contributed by atoms with Crippen molar-refractivity contribution >= 4 is 11.6 Å². The van der Waals surface area contributed by atoms with Crippen LogP contribution in [0.1, 0.15) is 25.3 Å². The van der Waals surface area contributed by atoms with Crippen molar-refractivity contribution < 1.29 is 14.5 Å². The Hall–Kier alpha value is -2.15. The lowest BCUT2D eigenvalue weighted by atomic mass is 9.97. The van der Waals surface area contributed by atoms with Gasteiger partial charge in [-0.3, -0.25) is 14.9 Å². The van der Waals surface area contributed by atoms with Crippen molar-refractivity contribution in [1.29, 1.82) is 0 Å². The maximum Gasteiger partial charge on any atom is 0.311 e. The average molecular weight is 281 g/mol. The van der Waals surface area contributed by atoms with E-state index >= 15 is 0 Å². The number of aryl methyl sites for hydroxylation is 1. The molecule has 1 unspecified atom stereocenters. The van der Waals surface area contributed by atoms with Gasteiger partial charge in [0.2, 0.25) is 5.91 Å². The summed E-state index contributed by atoms with van der Waals surface area (Å²) in [6, 6.07) is 4.74. The summed E-state index contributed by atoms with van der Waals surface area (Å²) >= 11 is 0. The molecule has 1 aromatic carbocycles. The number of benzene rings is 1. The lowest BCUT2D eigenvalue weighted by molar-refractivity contribution is -0.385. The Bertz CT molecular complexity index is 514. The molecule has 1 rings (SSSR count). The van der Waals surface area contributed by atoms with Crippen molar-refractivity contribution in [2.45, 2.75) is 32.2 Å². The van der Waals surface area contributed by atoms with Gasteiger partial charge in [-0.1, -0.05) is 6.07 Å². The molecule has 7 heteroatoms. The fraction of sp³-hybridized carbons (Fsp3) is 0.462. The number of carbonyl (C=O) groups excluding carboxylic acids is 1. The molecule has 0 spiro atoms. The Morgan fingerprint density at radius 2 is 2.15 bits per heavy atom. The summed E-state index contributed by atoms with van der Waals surface area (Å²) in [6.07, 6.45) is 0.822. The number of nitrogens with two attached hydrogens (primary N) is 2. The molecule has 0 aliphatic rings. The largest absolute Gasteiger partial charge is 0.487 e. The average Bonchev–Trinajstić information content (AvgIpc) is 2.35. The van der Waals surface area contributed by atoms with Crippen molar-refractivity contribution in [2.75, 3.05) is 6.61 Å². The molecular weight excluding hydrogens is 262 g/mol. The van der Waals surface area contributed by atoms with Crippen molar-refractivity contribution in [3.63, 3.8) is 0 Å². The number of hydrogen-bond donors (Lipinski definition) is 2. The lowest BCUT2D eigenvalue weighted by Gasteiger charge is -2.20. The molecule has 1 atom stereocenters. The smallest absolute Gasteiger partial charge is 0.311 e. The van der Waals surface area contributed by atoms with Gasteiger partial charge in [-0.2, -0.15) is 0 Å². The van der Waals surface area contributed by atoms with Gasteiger partial charge in [0.1, 0.15) is 0 Å². The van der Waals surface area contributed by atoms with Crippen LogP contribution in [-0.4, -0.2) is 23.0 Å². The molecule has 0 aliphatic carbocycles. The van der Waals surface area contributed by atoms with Gasteiger partial charge in [-0.25, -0.2) is 0 Å². The van der Waals surface area contributed by atoms with Crippen molar-refractivity contribution in [3.8, 4) is 5.75 Å². The van der Waals surface area contributed by atoms with E-state index in [0.717, 1.165) is 5.56 Å². The quantitative estimate of drug-likeness (QED) is 0.442. The first-order chi connectivity index (χ1) is 9.24. The fourth-order valence-corrected chi connectivity index (χ4v) is 1.64. The van der Waals surface area contributed by atoms with Crippen LogP contribution in [0.15, 0.2) is 18.2 Å². The Kier molecular flexibility index (Phi) is 5.04. The van der Waals surface area contributed by atoms with Gasteiger partial charge in [-0.15, -0.1) is 0 Å². The summed E-state index contributed by atoms with van der Waals surface area (Å²) in [6.45, 7) is 3.54. The van der Waals surface area contributed by atoms with Crippen LogP contribution in [0.25, 0.3) is 0 Å². The minimum absolute atomic E-state index is 0.0737. The molecule has 1 aromatic rings. The maximum atomic E-state index is 11.0. The summed E-state index contributed by atoms with van der Waals surface area (Å²) in [5, 5.41) is 10.9. The molecule has 0 radical (unpaired) electrons. The van der Waals surface area contributed by atoms with E-state index in [1.165, 1.54) is 6.07 Å². The molecule has 0 saturated heterocycles. The van der Waals surface area contributed by atoms with E-state index in [-0.39, 0.29) is 18.0 Å². The second-order valence-corrected chi connectivity index (χ2v) is 4.96. The summed E-state index contributed by atoms with van der Waals surface area (Å²) < 4.78 is 5.38. The predicted molar refractivity (Wildman–Crippen MR) is 74.3 cm³/mol. The number of amides is 1. The number of rotatable bonds is 7. The minimum atomic E-state index is -1.09. The van der Waals surface area contributed by atoms with Gasteiger partial charge in [0.25, 0.3) is 0 Å².